The molecular formula is C12H17N3O3S. The van der Waals surface area contributed by atoms with Crippen LogP contribution in [0.4, 0.5) is 5.69 Å². The van der Waals surface area contributed by atoms with Crippen LogP contribution in [0, 0.1) is 10.1 Å². The lowest BCUT2D eigenvalue weighted by Crippen LogP contribution is -2.24. The van der Waals surface area contributed by atoms with Gasteiger partial charge in [0.2, 0.25) is 0 Å². The average Bonchev–Trinajstić information content (AvgIpc) is 2.42. The number of thioether (sulfide) groups is 1. The van der Waals surface area contributed by atoms with E-state index in [4.69, 9.17) is 5.73 Å². The summed E-state index contributed by atoms with van der Waals surface area (Å²) in [6.45, 7) is 1.11. The molecule has 0 aliphatic rings. The maximum atomic E-state index is 11.8. The maximum Gasteiger partial charge on any atom is 0.283 e. The van der Waals surface area contributed by atoms with Gasteiger partial charge in [0.15, 0.2) is 0 Å². The summed E-state index contributed by atoms with van der Waals surface area (Å²) in [5.74, 6) is -0.298. The second kappa shape index (κ2) is 7.75. The molecule has 0 aliphatic carbocycles. The number of carbonyl (C=O) groups is 1. The molecule has 0 bridgehead atoms. The number of unbranched alkanes of at least 4 members (excludes halogenated alkanes) is 1. The van der Waals surface area contributed by atoms with Crippen LogP contribution in [-0.2, 0) is 0 Å². The van der Waals surface area contributed by atoms with Crippen LogP contribution in [0.25, 0.3) is 0 Å². The van der Waals surface area contributed by atoms with E-state index in [1.165, 1.54) is 17.8 Å². The molecule has 0 unspecified atom stereocenters. The lowest BCUT2D eigenvalue weighted by molar-refractivity contribution is -0.387. The van der Waals surface area contributed by atoms with E-state index in [1.807, 2.05) is 0 Å². The van der Waals surface area contributed by atoms with Gasteiger partial charge in [0.1, 0.15) is 0 Å². The van der Waals surface area contributed by atoms with Crippen molar-refractivity contribution < 1.29 is 9.72 Å². The Morgan fingerprint density at radius 2 is 2.21 bits per heavy atom. The normalized spacial score (nSPS) is 10.2. The van der Waals surface area contributed by atoms with E-state index in [9.17, 15) is 14.9 Å². The minimum absolute atomic E-state index is 0.0397. The Balaban J connectivity index is 2.75. The van der Waals surface area contributed by atoms with Crippen molar-refractivity contribution in [2.75, 3.05) is 19.3 Å². The third-order valence-electron chi connectivity index (χ3n) is 2.55. The minimum Gasteiger partial charge on any atom is -0.352 e. The van der Waals surface area contributed by atoms with E-state index in [0.29, 0.717) is 23.5 Å². The van der Waals surface area contributed by atoms with Gasteiger partial charge in [-0.1, -0.05) is 0 Å². The molecule has 0 radical (unpaired) electrons. The molecule has 0 saturated carbocycles. The molecule has 0 saturated heterocycles. The van der Waals surface area contributed by atoms with Gasteiger partial charge in [0, 0.05) is 18.2 Å². The van der Waals surface area contributed by atoms with Crippen molar-refractivity contribution >= 4 is 23.4 Å². The Hall–Kier alpha value is -1.60. The standard InChI is InChI=1S/C12H17N3O3S/c1-19-11-5-4-9(8-10(11)15(17)18)12(16)14-7-3-2-6-13/h4-5,8H,2-3,6-7,13H2,1H3,(H,14,16). The molecule has 1 aromatic rings. The molecule has 1 amide bonds. The highest BCUT2D eigenvalue weighted by Crippen LogP contribution is 2.28. The van der Waals surface area contributed by atoms with Crippen molar-refractivity contribution in [2.24, 2.45) is 5.73 Å². The van der Waals surface area contributed by atoms with Gasteiger partial charge < -0.3 is 11.1 Å². The molecule has 1 aromatic carbocycles. The maximum absolute atomic E-state index is 11.8. The molecule has 104 valence electrons. The van der Waals surface area contributed by atoms with E-state index in [-0.39, 0.29) is 11.6 Å². The van der Waals surface area contributed by atoms with Crippen molar-refractivity contribution in [3.05, 3.63) is 33.9 Å². The average molecular weight is 283 g/mol. The molecule has 0 aliphatic heterocycles. The summed E-state index contributed by atoms with van der Waals surface area (Å²) in [5, 5.41) is 13.6. The molecule has 6 nitrogen and oxygen atoms in total. The topological polar surface area (TPSA) is 98.3 Å². The monoisotopic (exact) mass is 283 g/mol. The predicted molar refractivity (Wildman–Crippen MR) is 75.5 cm³/mol. The number of hydrogen-bond acceptors (Lipinski definition) is 5. The van der Waals surface area contributed by atoms with Crippen LogP contribution >= 0.6 is 11.8 Å². The molecule has 1 rings (SSSR count). The number of nitro groups is 1. The SMILES string of the molecule is CSc1ccc(C(=O)NCCCCN)cc1[N+](=O)[O-]. The van der Waals surface area contributed by atoms with Crippen LogP contribution < -0.4 is 11.1 Å². The molecule has 0 heterocycles. The predicted octanol–water partition coefficient (Wildman–Crippen LogP) is 1.79. The van der Waals surface area contributed by atoms with Gasteiger partial charge in [0.25, 0.3) is 11.6 Å². The first-order valence-electron chi connectivity index (χ1n) is 5.91. The number of nitrogens with zero attached hydrogens (tertiary/aromatic N) is 1. The molecule has 3 N–H and O–H groups in total. The van der Waals surface area contributed by atoms with Crippen LogP contribution in [-0.4, -0.2) is 30.2 Å². The van der Waals surface area contributed by atoms with Gasteiger partial charge >= 0.3 is 0 Å². The number of carbonyl (C=O) groups excluding carboxylic acids is 1. The second-order valence-electron chi connectivity index (χ2n) is 3.90. The van der Waals surface area contributed by atoms with Gasteiger partial charge in [-0.3, -0.25) is 14.9 Å². The highest BCUT2D eigenvalue weighted by atomic mass is 32.2. The Morgan fingerprint density at radius 1 is 1.47 bits per heavy atom. The Labute approximate surface area is 115 Å². The van der Waals surface area contributed by atoms with E-state index in [0.717, 1.165) is 12.8 Å². The quantitative estimate of drug-likeness (QED) is 0.344. The summed E-state index contributed by atoms with van der Waals surface area (Å²) in [5.41, 5.74) is 5.61. The number of rotatable bonds is 7. The summed E-state index contributed by atoms with van der Waals surface area (Å²) in [6, 6.07) is 4.50. The fraction of sp³-hybridized carbons (Fsp3) is 0.417. The number of amides is 1. The van der Waals surface area contributed by atoms with E-state index in [1.54, 1.807) is 18.4 Å². The van der Waals surface area contributed by atoms with Gasteiger partial charge in [-0.2, -0.15) is 0 Å². The third kappa shape index (κ3) is 4.53. The zero-order valence-corrected chi connectivity index (χ0v) is 11.5. The molecule has 0 spiro atoms. The smallest absolute Gasteiger partial charge is 0.283 e. The zero-order valence-electron chi connectivity index (χ0n) is 10.7. The second-order valence-corrected chi connectivity index (χ2v) is 4.74. The van der Waals surface area contributed by atoms with E-state index < -0.39 is 4.92 Å². The number of nitrogens with one attached hydrogen (secondary N) is 1. The van der Waals surface area contributed by atoms with Crippen LogP contribution in [0.5, 0.6) is 0 Å². The fourth-order valence-electron chi connectivity index (χ4n) is 1.55. The van der Waals surface area contributed by atoms with Gasteiger partial charge in [-0.05, 0) is 37.8 Å². The summed E-state index contributed by atoms with van der Waals surface area (Å²) in [4.78, 5) is 22.8. The first-order chi connectivity index (χ1) is 9.10. The van der Waals surface area contributed by atoms with Crippen molar-refractivity contribution in [3.63, 3.8) is 0 Å². The molecule has 7 heteroatoms. The molecule has 0 aromatic heterocycles. The largest absolute Gasteiger partial charge is 0.352 e. The van der Waals surface area contributed by atoms with Gasteiger partial charge in [0.05, 0.1) is 9.82 Å². The third-order valence-corrected chi connectivity index (χ3v) is 3.34. The Morgan fingerprint density at radius 3 is 2.79 bits per heavy atom. The summed E-state index contributed by atoms with van der Waals surface area (Å²) in [6.07, 6.45) is 3.40. The highest BCUT2D eigenvalue weighted by molar-refractivity contribution is 7.98. The van der Waals surface area contributed by atoms with Crippen molar-refractivity contribution in [3.8, 4) is 0 Å². The van der Waals surface area contributed by atoms with Crippen molar-refractivity contribution in [1.29, 1.82) is 0 Å². The van der Waals surface area contributed by atoms with Gasteiger partial charge in [-0.25, -0.2) is 0 Å². The molecular weight excluding hydrogens is 266 g/mol. The molecule has 19 heavy (non-hydrogen) atoms. The zero-order chi connectivity index (χ0) is 14.3. The van der Waals surface area contributed by atoms with E-state index in [2.05, 4.69) is 5.32 Å². The number of hydrogen-bond donors (Lipinski definition) is 2. The van der Waals surface area contributed by atoms with Crippen molar-refractivity contribution in [1.82, 2.24) is 5.32 Å². The Kier molecular flexibility index (Phi) is 6.31. The molecule has 0 fully saturated rings. The summed E-state index contributed by atoms with van der Waals surface area (Å²) in [7, 11) is 0. The number of nitrogens with two attached hydrogens (primary N) is 1. The first kappa shape index (κ1) is 15.5. The first-order valence-corrected chi connectivity index (χ1v) is 7.13. The number of benzene rings is 1. The molecule has 0 atom stereocenters. The van der Waals surface area contributed by atoms with Crippen LogP contribution in [0.3, 0.4) is 0 Å². The summed E-state index contributed by atoms with van der Waals surface area (Å²) >= 11 is 1.28. The fourth-order valence-corrected chi connectivity index (χ4v) is 2.09. The van der Waals surface area contributed by atoms with Crippen LogP contribution in [0.1, 0.15) is 23.2 Å². The number of nitro benzene ring substituents is 1. The highest BCUT2D eigenvalue weighted by Gasteiger charge is 2.16. The lowest BCUT2D eigenvalue weighted by Gasteiger charge is -2.06. The summed E-state index contributed by atoms with van der Waals surface area (Å²) < 4.78 is 0. The van der Waals surface area contributed by atoms with Gasteiger partial charge in [-0.15, -0.1) is 11.8 Å². The minimum atomic E-state index is -0.475. The lowest BCUT2D eigenvalue weighted by atomic mass is 10.2. The van der Waals surface area contributed by atoms with Crippen LogP contribution in [0.2, 0.25) is 0 Å². The van der Waals surface area contributed by atoms with Crippen molar-refractivity contribution in [2.45, 2.75) is 17.7 Å². The van der Waals surface area contributed by atoms with E-state index >= 15 is 0 Å². The Bertz CT molecular complexity index is 466. The van der Waals surface area contributed by atoms with Crippen LogP contribution in [0.15, 0.2) is 23.1 Å².